The van der Waals surface area contributed by atoms with E-state index in [1.165, 1.54) is 4.90 Å². The predicted octanol–water partition coefficient (Wildman–Crippen LogP) is 1.77. The van der Waals surface area contributed by atoms with Crippen molar-refractivity contribution in [3.63, 3.8) is 0 Å². The highest BCUT2D eigenvalue weighted by atomic mass is 35.5. The fourth-order valence-electron chi connectivity index (χ4n) is 2.76. The van der Waals surface area contributed by atoms with Crippen molar-refractivity contribution in [2.75, 3.05) is 33.8 Å². The molecule has 1 fully saturated rings. The molecule has 0 aromatic heterocycles. The summed E-state index contributed by atoms with van der Waals surface area (Å²) in [6.07, 6.45) is 0.779. The van der Waals surface area contributed by atoms with Crippen LogP contribution in [0.5, 0.6) is 5.75 Å². The molecule has 1 heterocycles. The summed E-state index contributed by atoms with van der Waals surface area (Å²) in [7, 11) is 3.34. The van der Waals surface area contributed by atoms with Gasteiger partial charge in [0.1, 0.15) is 5.75 Å². The van der Waals surface area contributed by atoms with Gasteiger partial charge in [-0.25, -0.2) is 0 Å². The first-order valence-electron chi connectivity index (χ1n) is 8.19. The van der Waals surface area contributed by atoms with Gasteiger partial charge in [0, 0.05) is 33.2 Å². The van der Waals surface area contributed by atoms with Crippen LogP contribution in [-0.4, -0.2) is 61.4 Å². The molecule has 1 aromatic carbocycles. The maximum atomic E-state index is 12.9. The van der Waals surface area contributed by atoms with E-state index in [4.69, 9.17) is 10.5 Å². The number of carbonyl (C=O) groups excluding carboxylic acids is 2. The van der Waals surface area contributed by atoms with Gasteiger partial charge in [-0.05, 0) is 24.0 Å². The third kappa shape index (κ3) is 5.09. The first-order chi connectivity index (χ1) is 11.2. The highest BCUT2D eigenvalue weighted by Crippen LogP contribution is 2.30. The predicted molar refractivity (Wildman–Crippen MR) is 100 cm³/mol. The number of para-hydroxylation sites is 1. The van der Waals surface area contributed by atoms with Crippen molar-refractivity contribution in [1.82, 2.24) is 9.80 Å². The monoisotopic (exact) mass is 369 g/mol. The van der Waals surface area contributed by atoms with E-state index >= 15 is 0 Å². The molecule has 0 bridgehead atoms. The SMILES string of the molecule is CN(C)C(=O)COc1ccccc1C(=O)N1CCC(N)C(C)(C)C1.Cl. The summed E-state index contributed by atoms with van der Waals surface area (Å²) < 4.78 is 5.58. The second-order valence-corrected chi connectivity index (χ2v) is 7.18. The smallest absolute Gasteiger partial charge is 0.259 e. The van der Waals surface area contributed by atoms with Crippen LogP contribution in [0.15, 0.2) is 24.3 Å². The lowest BCUT2D eigenvalue weighted by Gasteiger charge is -2.42. The van der Waals surface area contributed by atoms with Crippen LogP contribution in [-0.2, 0) is 4.79 Å². The number of ether oxygens (including phenoxy) is 1. The topological polar surface area (TPSA) is 75.9 Å². The fourth-order valence-corrected chi connectivity index (χ4v) is 2.76. The summed E-state index contributed by atoms with van der Waals surface area (Å²) in [5, 5.41) is 0. The quantitative estimate of drug-likeness (QED) is 0.877. The third-order valence-corrected chi connectivity index (χ3v) is 4.57. The van der Waals surface area contributed by atoms with Crippen molar-refractivity contribution in [3.05, 3.63) is 29.8 Å². The number of likely N-dealkylation sites (tertiary alicyclic amines) is 1. The largest absolute Gasteiger partial charge is 0.483 e. The first kappa shape index (κ1) is 21.3. The highest BCUT2D eigenvalue weighted by Gasteiger charge is 2.36. The van der Waals surface area contributed by atoms with E-state index in [1.54, 1.807) is 38.4 Å². The molecule has 1 unspecified atom stereocenters. The minimum atomic E-state index is -0.151. The van der Waals surface area contributed by atoms with Crippen LogP contribution in [0.2, 0.25) is 0 Å². The molecule has 25 heavy (non-hydrogen) atoms. The zero-order chi connectivity index (χ0) is 17.9. The van der Waals surface area contributed by atoms with Gasteiger partial charge in [0.15, 0.2) is 6.61 Å². The lowest BCUT2D eigenvalue weighted by molar-refractivity contribution is -0.130. The molecule has 1 aromatic rings. The van der Waals surface area contributed by atoms with Gasteiger partial charge < -0.3 is 20.3 Å². The number of nitrogens with zero attached hydrogens (tertiary/aromatic N) is 2. The summed E-state index contributed by atoms with van der Waals surface area (Å²) in [4.78, 5) is 27.9. The van der Waals surface area contributed by atoms with E-state index in [0.29, 0.717) is 24.4 Å². The number of amides is 2. The standard InChI is InChI=1S/C18H27N3O3.ClH/c1-18(2)12-21(10-9-15(18)19)17(23)13-7-5-6-8-14(13)24-11-16(22)20(3)4;/h5-8,15H,9-12,19H2,1-4H3;1H. The van der Waals surface area contributed by atoms with Gasteiger partial charge >= 0.3 is 0 Å². The van der Waals surface area contributed by atoms with E-state index < -0.39 is 0 Å². The molecule has 0 radical (unpaired) electrons. The maximum Gasteiger partial charge on any atom is 0.259 e. The molecule has 2 amide bonds. The average molecular weight is 370 g/mol. The minimum Gasteiger partial charge on any atom is -0.483 e. The molecule has 1 atom stereocenters. The van der Waals surface area contributed by atoms with Gasteiger partial charge in [0.2, 0.25) is 0 Å². The van der Waals surface area contributed by atoms with Crippen LogP contribution >= 0.6 is 12.4 Å². The summed E-state index contributed by atoms with van der Waals surface area (Å²) in [6, 6.07) is 7.14. The Morgan fingerprint density at radius 3 is 2.56 bits per heavy atom. The number of rotatable bonds is 4. The number of hydrogen-bond donors (Lipinski definition) is 1. The number of halogens is 1. The zero-order valence-electron chi connectivity index (χ0n) is 15.3. The number of hydrogen-bond acceptors (Lipinski definition) is 4. The van der Waals surface area contributed by atoms with Gasteiger partial charge in [0.25, 0.3) is 11.8 Å². The zero-order valence-corrected chi connectivity index (χ0v) is 16.1. The van der Waals surface area contributed by atoms with E-state index in [0.717, 1.165) is 6.42 Å². The molecular weight excluding hydrogens is 342 g/mol. The third-order valence-electron chi connectivity index (χ3n) is 4.57. The Morgan fingerprint density at radius 2 is 1.96 bits per heavy atom. The number of benzene rings is 1. The molecular formula is C18H28ClN3O3. The molecule has 1 saturated heterocycles. The number of likely N-dealkylation sites (N-methyl/N-ethyl adjacent to an activating group) is 1. The Labute approximate surface area is 155 Å². The lowest BCUT2D eigenvalue weighted by atomic mass is 9.79. The van der Waals surface area contributed by atoms with Gasteiger partial charge in [-0.3, -0.25) is 9.59 Å². The molecule has 1 aliphatic rings. The number of piperidine rings is 1. The lowest BCUT2D eigenvalue weighted by Crippen LogP contribution is -2.54. The Morgan fingerprint density at radius 1 is 1.32 bits per heavy atom. The molecule has 7 heteroatoms. The van der Waals surface area contributed by atoms with Gasteiger partial charge in [-0.1, -0.05) is 26.0 Å². The van der Waals surface area contributed by atoms with Crippen LogP contribution in [0, 0.1) is 5.41 Å². The highest BCUT2D eigenvalue weighted by molar-refractivity contribution is 5.97. The van der Waals surface area contributed by atoms with Crippen molar-refractivity contribution in [2.45, 2.75) is 26.3 Å². The van der Waals surface area contributed by atoms with Gasteiger partial charge in [0.05, 0.1) is 5.56 Å². The van der Waals surface area contributed by atoms with Crippen molar-refractivity contribution >= 4 is 24.2 Å². The second kappa shape index (κ2) is 8.54. The Hall–Kier alpha value is -1.79. The minimum absolute atomic E-state index is 0. The molecule has 2 rings (SSSR count). The van der Waals surface area contributed by atoms with E-state index in [-0.39, 0.29) is 42.3 Å². The summed E-state index contributed by atoms with van der Waals surface area (Å²) in [6.45, 7) is 5.31. The van der Waals surface area contributed by atoms with Crippen LogP contribution in [0.25, 0.3) is 0 Å². The van der Waals surface area contributed by atoms with E-state index in [9.17, 15) is 9.59 Å². The van der Waals surface area contributed by atoms with Crippen molar-refractivity contribution < 1.29 is 14.3 Å². The van der Waals surface area contributed by atoms with Crippen molar-refractivity contribution in [2.24, 2.45) is 11.1 Å². The van der Waals surface area contributed by atoms with E-state index in [1.807, 2.05) is 4.90 Å². The number of nitrogens with two attached hydrogens (primary N) is 1. The van der Waals surface area contributed by atoms with E-state index in [2.05, 4.69) is 13.8 Å². The fraction of sp³-hybridized carbons (Fsp3) is 0.556. The molecule has 0 aliphatic carbocycles. The molecule has 2 N–H and O–H groups in total. The molecule has 1 aliphatic heterocycles. The Balaban J connectivity index is 0.00000312. The van der Waals surface area contributed by atoms with Crippen molar-refractivity contribution in [1.29, 1.82) is 0 Å². The van der Waals surface area contributed by atoms with Crippen LogP contribution < -0.4 is 10.5 Å². The molecule has 140 valence electrons. The van der Waals surface area contributed by atoms with Gasteiger partial charge in [-0.2, -0.15) is 0 Å². The summed E-state index contributed by atoms with van der Waals surface area (Å²) in [5.74, 6) is 0.204. The first-order valence-corrected chi connectivity index (χ1v) is 8.19. The number of carbonyl (C=O) groups is 2. The van der Waals surface area contributed by atoms with Crippen LogP contribution in [0.4, 0.5) is 0 Å². The summed E-state index contributed by atoms with van der Waals surface area (Å²) in [5.41, 5.74) is 6.51. The molecule has 0 spiro atoms. The Kier molecular flexibility index (Phi) is 7.26. The maximum absolute atomic E-state index is 12.9. The van der Waals surface area contributed by atoms with Crippen LogP contribution in [0.3, 0.4) is 0 Å². The Bertz CT molecular complexity index is 619. The van der Waals surface area contributed by atoms with Crippen LogP contribution in [0.1, 0.15) is 30.6 Å². The van der Waals surface area contributed by atoms with Gasteiger partial charge in [-0.15, -0.1) is 12.4 Å². The normalized spacial score (nSPS) is 18.9. The summed E-state index contributed by atoms with van der Waals surface area (Å²) >= 11 is 0. The molecule has 0 saturated carbocycles. The average Bonchev–Trinajstić information content (AvgIpc) is 2.54. The van der Waals surface area contributed by atoms with Crippen molar-refractivity contribution in [3.8, 4) is 5.75 Å². The second-order valence-electron chi connectivity index (χ2n) is 7.18. The molecule has 6 nitrogen and oxygen atoms in total.